The normalized spacial score (nSPS) is 21.6. The SMILES string of the molecule is Cc1cn2c(n1)-c1cc(-c3ccc(C#N)cc3)cn1Cc1cc(N3CCC(CCN4CC4C)C3)ccc1-2. The van der Waals surface area contributed by atoms with Crippen molar-refractivity contribution in [2.24, 2.45) is 5.92 Å². The van der Waals surface area contributed by atoms with Crippen molar-refractivity contribution >= 4 is 5.69 Å². The van der Waals surface area contributed by atoms with Crippen LogP contribution < -0.4 is 4.90 Å². The Labute approximate surface area is 218 Å². The highest BCUT2D eigenvalue weighted by Gasteiger charge is 2.31. The van der Waals surface area contributed by atoms with Gasteiger partial charge in [0.15, 0.2) is 5.82 Å². The van der Waals surface area contributed by atoms with Crippen molar-refractivity contribution < 1.29 is 0 Å². The lowest BCUT2D eigenvalue weighted by Gasteiger charge is -2.21. The van der Waals surface area contributed by atoms with Gasteiger partial charge in [0.25, 0.3) is 0 Å². The maximum Gasteiger partial charge on any atom is 0.161 e. The number of imidazole rings is 1. The van der Waals surface area contributed by atoms with Crippen LogP contribution >= 0.6 is 0 Å². The second-order valence-electron chi connectivity index (χ2n) is 11.1. The first-order chi connectivity index (χ1) is 18.1. The largest absolute Gasteiger partial charge is 0.371 e. The molecule has 2 aromatic heterocycles. The lowest BCUT2D eigenvalue weighted by molar-refractivity contribution is 0.429. The zero-order chi connectivity index (χ0) is 25.1. The van der Waals surface area contributed by atoms with Crippen molar-refractivity contribution in [1.29, 1.82) is 5.26 Å². The smallest absolute Gasteiger partial charge is 0.161 e. The summed E-state index contributed by atoms with van der Waals surface area (Å²) in [6, 6.07) is 20.1. The maximum atomic E-state index is 9.17. The van der Waals surface area contributed by atoms with Gasteiger partial charge in [0.05, 0.1) is 28.7 Å². The van der Waals surface area contributed by atoms with E-state index >= 15 is 0 Å². The molecular weight excluding hydrogens is 456 g/mol. The molecule has 0 N–H and O–H groups in total. The van der Waals surface area contributed by atoms with Crippen molar-refractivity contribution in [3.8, 4) is 34.4 Å². The predicted octanol–water partition coefficient (Wildman–Crippen LogP) is 5.47. The minimum absolute atomic E-state index is 0.681. The molecule has 0 aliphatic carbocycles. The molecule has 6 nitrogen and oxygen atoms in total. The fourth-order valence-corrected chi connectivity index (χ4v) is 6.15. The zero-order valence-electron chi connectivity index (χ0n) is 21.6. The van der Waals surface area contributed by atoms with Crippen LogP contribution in [0.5, 0.6) is 0 Å². The molecule has 37 heavy (non-hydrogen) atoms. The van der Waals surface area contributed by atoms with Gasteiger partial charge in [-0.05, 0) is 86.7 Å². The van der Waals surface area contributed by atoms with Crippen LogP contribution in [-0.4, -0.2) is 51.2 Å². The summed E-state index contributed by atoms with van der Waals surface area (Å²) in [4.78, 5) is 10.1. The molecule has 0 saturated carbocycles. The quantitative estimate of drug-likeness (QED) is 0.308. The number of aryl methyl sites for hydroxylation is 1. The summed E-state index contributed by atoms with van der Waals surface area (Å²) >= 11 is 0. The third-order valence-electron chi connectivity index (χ3n) is 8.43. The van der Waals surface area contributed by atoms with E-state index in [2.05, 4.69) is 75.5 Å². The number of anilines is 1. The maximum absolute atomic E-state index is 9.17. The third-order valence-corrected chi connectivity index (χ3v) is 8.43. The predicted molar refractivity (Wildman–Crippen MR) is 147 cm³/mol. The summed E-state index contributed by atoms with van der Waals surface area (Å²) in [6.07, 6.45) is 6.99. The fourth-order valence-electron chi connectivity index (χ4n) is 6.15. The van der Waals surface area contributed by atoms with Crippen molar-refractivity contribution in [1.82, 2.24) is 19.0 Å². The van der Waals surface area contributed by atoms with E-state index in [1.165, 1.54) is 42.9 Å². The van der Waals surface area contributed by atoms with Gasteiger partial charge in [-0.25, -0.2) is 4.98 Å². The zero-order valence-corrected chi connectivity index (χ0v) is 21.6. The lowest BCUT2D eigenvalue weighted by atomic mass is 10.1. The van der Waals surface area contributed by atoms with Gasteiger partial charge in [-0.2, -0.15) is 5.26 Å². The average molecular weight is 489 g/mol. The topological polar surface area (TPSA) is 52.8 Å². The number of nitriles is 1. The van der Waals surface area contributed by atoms with E-state index < -0.39 is 0 Å². The Kier molecular flexibility index (Phi) is 5.23. The van der Waals surface area contributed by atoms with Crippen LogP contribution in [0, 0.1) is 24.2 Å². The molecule has 2 fully saturated rings. The molecule has 6 heteroatoms. The Balaban J connectivity index is 1.20. The third kappa shape index (κ3) is 4.04. The molecule has 3 atom stereocenters. The summed E-state index contributed by atoms with van der Waals surface area (Å²) < 4.78 is 4.59. The van der Waals surface area contributed by atoms with E-state index in [1.807, 2.05) is 24.3 Å². The molecule has 4 aromatic rings. The second-order valence-corrected chi connectivity index (χ2v) is 11.1. The highest BCUT2D eigenvalue weighted by Crippen LogP contribution is 2.37. The standard InChI is InChI=1S/C31H32N6/c1-21-16-37-29-8-7-28(35-12-10-24(18-35)9-11-34-17-22(34)2)13-27(29)20-36-19-26(14-30(36)31(37)33-21)25-5-3-23(15-32)4-6-25/h3-8,13-14,16,19,22,24H,9-12,17-18,20H2,1-2H3. The van der Waals surface area contributed by atoms with E-state index in [1.54, 1.807) is 0 Å². The summed E-state index contributed by atoms with van der Waals surface area (Å²) in [5, 5.41) is 9.17. The highest BCUT2D eigenvalue weighted by molar-refractivity contribution is 5.72. The van der Waals surface area contributed by atoms with Gasteiger partial charge in [-0.15, -0.1) is 0 Å². The second kappa shape index (κ2) is 8.64. The molecule has 0 amide bonds. The van der Waals surface area contributed by atoms with Gasteiger partial charge >= 0.3 is 0 Å². The van der Waals surface area contributed by atoms with E-state index in [-0.39, 0.29) is 0 Å². The van der Waals surface area contributed by atoms with Crippen LogP contribution in [0.4, 0.5) is 5.69 Å². The summed E-state index contributed by atoms with van der Waals surface area (Å²) in [5.74, 6) is 1.77. The van der Waals surface area contributed by atoms with Crippen molar-refractivity contribution in [3.63, 3.8) is 0 Å². The first kappa shape index (κ1) is 22.4. The number of hydrogen-bond donors (Lipinski definition) is 0. The summed E-state index contributed by atoms with van der Waals surface area (Å²) in [6.45, 7) is 10.0. The Hall–Kier alpha value is -3.82. The Morgan fingerprint density at radius 1 is 1.03 bits per heavy atom. The molecular formula is C31H32N6. The Bertz CT molecular complexity index is 1520. The van der Waals surface area contributed by atoms with E-state index in [0.717, 1.165) is 59.9 Å². The first-order valence-corrected chi connectivity index (χ1v) is 13.4. The first-order valence-electron chi connectivity index (χ1n) is 13.4. The van der Waals surface area contributed by atoms with Crippen molar-refractivity contribution in [3.05, 3.63) is 77.7 Å². The van der Waals surface area contributed by atoms with Crippen molar-refractivity contribution in [2.75, 3.05) is 31.1 Å². The van der Waals surface area contributed by atoms with Gasteiger partial charge < -0.3 is 9.47 Å². The van der Waals surface area contributed by atoms with Gasteiger partial charge in [0, 0.05) is 55.9 Å². The summed E-state index contributed by atoms with van der Waals surface area (Å²) in [5.41, 5.74) is 8.95. The van der Waals surface area contributed by atoms with Crippen LogP contribution in [0.15, 0.2) is 60.9 Å². The molecule has 0 radical (unpaired) electrons. The number of fused-ring (bicyclic) bond motifs is 5. The van der Waals surface area contributed by atoms with Gasteiger partial charge in [0.2, 0.25) is 0 Å². The minimum Gasteiger partial charge on any atom is -0.371 e. The molecule has 3 aliphatic heterocycles. The van der Waals surface area contributed by atoms with E-state index in [9.17, 15) is 5.26 Å². The van der Waals surface area contributed by atoms with Crippen LogP contribution in [0.25, 0.3) is 28.3 Å². The van der Waals surface area contributed by atoms with Crippen LogP contribution in [0.3, 0.4) is 0 Å². The molecule has 2 saturated heterocycles. The Morgan fingerprint density at radius 2 is 1.86 bits per heavy atom. The Morgan fingerprint density at radius 3 is 2.65 bits per heavy atom. The van der Waals surface area contributed by atoms with E-state index in [4.69, 9.17) is 4.98 Å². The van der Waals surface area contributed by atoms with Crippen LogP contribution in [0.1, 0.15) is 36.6 Å². The molecule has 186 valence electrons. The van der Waals surface area contributed by atoms with Crippen LogP contribution in [-0.2, 0) is 6.54 Å². The number of rotatable bonds is 5. The number of nitrogens with zero attached hydrogens (tertiary/aromatic N) is 6. The average Bonchev–Trinajstić information content (AvgIpc) is 3.26. The molecule has 3 aliphatic rings. The molecule has 0 bridgehead atoms. The fraction of sp³-hybridized carbons (Fsp3) is 0.355. The molecule has 7 rings (SSSR count). The molecule has 3 unspecified atom stereocenters. The van der Waals surface area contributed by atoms with Gasteiger partial charge in [0.1, 0.15) is 0 Å². The number of hydrogen-bond acceptors (Lipinski definition) is 4. The van der Waals surface area contributed by atoms with E-state index in [0.29, 0.717) is 5.56 Å². The summed E-state index contributed by atoms with van der Waals surface area (Å²) in [7, 11) is 0. The van der Waals surface area contributed by atoms with Crippen molar-refractivity contribution in [2.45, 2.75) is 39.3 Å². The lowest BCUT2D eigenvalue weighted by Crippen LogP contribution is -2.21. The highest BCUT2D eigenvalue weighted by atomic mass is 15.3. The minimum atomic E-state index is 0.681. The number of aromatic nitrogens is 3. The van der Waals surface area contributed by atoms with Crippen LogP contribution in [0.2, 0.25) is 0 Å². The van der Waals surface area contributed by atoms with Gasteiger partial charge in [-0.1, -0.05) is 12.1 Å². The molecule has 0 spiro atoms. The number of benzene rings is 2. The van der Waals surface area contributed by atoms with Gasteiger partial charge in [-0.3, -0.25) is 9.47 Å². The monoisotopic (exact) mass is 488 g/mol. The molecule has 5 heterocycles. The molecule has 2 aromatic carbocycles.